The van der Waals surface area contributed by atoms with Crippen LogP contribution in [0.15, 0.2) is 90.0 Å². The number of ether oxygens (including phenoxy) is 1. The molecule has 0 saturated heterocycles. The molecule has 4 nitrogen and oxygen atoms in total. The number of rotatable bonds is 6. The number of nitrogens with one attached hydrogen (secondary N) is 2. The highest BCUT2D eigenvalue weighted by Crippen LogP contribution is 2.13. The molecule has 0 aliphatic heterocycles. The zero-order valence-electron chi connectivity index (χ0n) is 14.1. The van der Waals surface area contributed by atoms with E-state index in [1.165, 1.54) is 0 Å². The van der Waals surface area contributed by atoms with Crippen molar-refractivity contribution in [2.75, 3.05) is 5.32 Å². The molecular formula is C21H19N3OS. The summed E-state index contributed by atoms with van der Waals surface area (Å²) in [5, 5.41) is 7.73. The molecule has 0 unspecified atom stereocenters. The van der Waals surface area contributed by atoms with Gasteiger partial charge in [0.25, 0.3) is 0 Å². The van der Waals surface area contributed by atoms with Crippen LogP contribution in [0.2, 0.25) is 0 Å². The Labute approximate surface area is 158 Å². The van der Waals surface area contributed by atoms with E-state index in [-0.39, 0.29) is 0 Å². The largest absolute Gasteiger partial charge is 0.489 e. The maximum absolute atomic E-state index is 5.82. The lowest BCUT2D eigenvalue weighted by Gasteiger charge is -2.09. The van der Waals surface area contributed by atoms with Crippen molar-refractivity contribution in [2.24, 2.45) is 5.10 Å². The number of anilines is 1. The maximum atomic E-state index is 5.82. The summed E-state index contributed by atoms with van der Waals surface area (Å²) < 4.78 is 5.82. The van der Waals surface area contributed by atoms with E-state index >= 15 is 0 Å². The number of para-hydroxylation sites is 2. The molecule has 0 saturated carbocycles. The van der Waals surface area contributed by atoms with Crippen molar-refractivity contribution in [2.45, 2.75) is 6.61 Å². The lowest BCUT2D eigenvalue weighted by atomic mass is 10.1. The Morgan fingerprint density at radius 1 is 0.885 bits per heavy atom. The van der Waals surface area contributed by atoms with Crippen LogP contribution in [0.4, 0.5) is 5.69 Å². The Morgan fingerprint density at radius 2 is 1.54 bits per heavy atom. The minimum absolute atomic E-state index is 0.436. The predicted molar refractivity (Wildman–Crippen MR) is 111 cm³/mol. The number of thiocarbonyl (C=S) groups is 1. The Morgan fingerprint density at radius 3 is 2.31 bits per heavy atom. The Balaban J connectivity index is 1.57. The van der Waals surface area contributed by atoms with Crippen molar-refractivity contribution < 1.29 is 4.74 Å². The molecule has 5 heteroatoms. The molecule has 26 heavy (non-hydrogen) atoms. The number of hydrogen-bond acceptors (Lipinski definition) is 3. The van der Waals surface area contributed by atoms with Crippen LogP contribution in [0, 0.1) is 0 Å². The summed E-state index contributed by atoms with van der Waals surface area (Å²) >= 11 is 5.24. The summed E-state index contributed by atoms with van der Waals surface area (Å²) in [6, 6.07) is 27.4. The van der Waals surface area contributed by atoms with Crippen LogP contribution >= 0.6 is 12.2 Å². The highest BCUT2D eigenvalue weighted by molar-refractivity contribution is 7.80. The molecule has 0 fully saturated rings. The second kappa shape index (κ2) is 9.34. The number of nitrogens with zero attached hydrogens (tertiary/aromatic N) is 1. The van der Waals surface area contributed by atoms with E-state index in [9.17, 15) is 0 Å². The van der Waals surface area contributed by atoms with Crippen LogP contribution in [0.1, 0.15) is 11.1 Å². The zero-order chi connectivity index (χ0) is 18.0. The monoisotopic (exact) mass is 361 g/mol. The van der Waals surface area contributed by atoms with Crippen LogP contribution in [0.3, 0.4) is 0 Å². The number of benzene rings is 3. The van der Waals surface area contributed by atoms with Crippen molar-refractivity contribution in [3.05, 3.63) is 96.1 Å². The van der Waals surface area contributed by atoms with Gasteiger partial charge < -0.3 is 10.1 Å². The summed E-state index contributed by atoms with van der Waals surface area (Å²) in [6.07, 6.45) is 1.74. The van der Waals surface area contributed by atoms with Crippen molar-refractivity contribution in [3.8, 4) is 5.75 Å². The fourth-order valence-corrected chi connectivity index (χ4v) is 2.48. The average Bonchev–Trinajstić information content (AvgIpc) is 2.69. The molecule has 0 aliphatic carbocycles. The molecule has 0 spiro atoms. The van der Waals surface area contributed by atoms with Crippen LogP contribution in [0.5, 0.6) is 5.75 Å². The third-order valence-electron chi connectivity index (χ3n) is 3.59. The zero-order valence-corrected chi connectivity index (χ0v) is 14.9. The summed E-state index contributed by atoms with van der Waals surface area (Å²) in [5.74, 6) is 0.839. The Kier molecular flexibility index (Phi) is 6.34. The molecule has 2 N–H and O–H groups in total. The summed E-state index contributed by atoms with van der Waals surface area (Å²) in [6.45, 7) is 0.471. The molecular weight excluding hydrogens is 342 g/mol. The second-order valence-electron chi connectivity index (χ2n) is 5.49. The second-order valence-corrected chi connectivity index (χ2v) is 5.90. The van der Waals surface area contributed by atoms with Crippen molar-refractivity contribution in [1.82, 2.24) is 5.43 Å². The smallest absolute Gasteiger partial charge is 0.191 e. The van der Waals surface area contributed by atoms with Crippen molar-refractivity contribution in [1.29, 1.82) is 0 Å². The Hall–Kier alpha value is -3.18. The van der Waals surface area contributed by atoms with Crippen LogP contribution in [-0.4, -0.2) is 11.3 Å². The first-order valence-corrected chi connectivity index (χ1v) is 8.63. The lowest BCUT2D eigenvalue weighted by Crippen LogP contribution is -2.23. The quantitative estimate of drug-likeness (QED) is 0.383. The minimum Gasteiger partial charge on any atom is -0.489 e. The standard InChI is InChI=1S/C21H19N3OS/c26-21(23-19-11-3-1-4-12-19)24-22-15-17-9-7-8-10-18(17)16-25-20-13-5-2-6-14-20/h1-15H,16H2,(H2,23,24,26)/b22-15+. The van der Waals surface area contributed by atoms with Gasteiger partial charge in [-0.25, -0.2) is 0 Å². The van der Waals surface area contributed by atoms with E-state index in [1.54, 1.807) is 6.21 Å². The van der Waals surface area contributed by atoms with Gasteiger partial charge in [-0.2, -0.15) is 5.10 Å². The first-order valence-electron chi connectivity index (χ1n) is 8.22. The van der Waals surface area contributed by atoms with Gasteiger partial charge in [-0.1, -0.05) is 60.7 Å². The van der Waals surface area contributed by atoms with Gasteiger partial charge in [-0.05, 0) is 42.0 Å². The topological polar surface area (TPSA) is 45.7 Å². The molecule has 0 heterocycles. The number of hydrogen-bond donors (Lipinski definition) is 2. The van der Waals surface area contributed by atoms with E-state index in [2.05, 4.69) is 15.8 Å². The minimum atomic E-state index is 0.436. The van der Waals surface area contributed by atoms with Crippen LogP contribution in [0.25, 0.3) is 0 Å². The molecule has 0 bridgehead atoms. The van der Waals surface area contributed by atoms with Gasteiger partial charge in [0.2, 0.25) is 0 Å². The van der Waals surface area contributed by atoms with Gasteiger partial charge in [-0.15, -0.1) is 0 Å². The lowest BCUT2D eigenvalue weighted by molar-refractivity contribution is 0.306. The fraction of sp³-hybridized carbons (Fsp3) is 0.0476. The van der Waals surface area contributed by atoms with E-state index in [1.807, 2.05) is 84.9 Å². The SMILES string of the molecule is S=C(N/N=C/c1ccccc1COc1ccccc1)Nc1ccccc1. The van der Waals surface area contributed by atoms with Gasteiger partial charge in [0.05, 0.1) is 6.21 Å². The summed E-state index contributed by atoms with van der Waals surface area (Å²) in [5.41, 5.74) is 5.76. The van der Waals surface area contributed by atoms with Gasteiger partial charge in [0.1, 0.15) is 12.4 Å². The molecule has 3 aromatic rings. The molecule has 0 aromatic heterocycles. The van der Waals surface area contributed by atoms with E-state index in [0.717, 1.165) is 22.6 Å². The molecule has 0 atom stereocenters. The van der Waals surface area contributed by atoms with Gasteiger partial charge in [-0.3, -0.25) is 5.43 Å². The normalized spacial score (nSPS) is 10.5. The number of hydrazone groups is 1. The molecule has 3 rings (SSSR count). The highest BCUT2D eigenvalue weighted by Gasteiger charge is 2.01. The molecule has 0 amide bonds. The predicted octanol–water partition coefficient (Wildman–Crippen LogP) is 4.59. The van der Waals surface area contributed by atoms with E-state index < -0.39 is 0 Å². The summed E-state index contributed by atoms with van der Waals surface area (Å²) in [4.78, 5) is 0. The maximum Gasteiger partial charge on any atom is 0.191 e. The van der Waals surface area contributed by atoms with E-state index in [0.29, 0.717) is 11.7 Å². The molecule has 0 radical (unpaired) electrons. The first-order chi connectivity index (χ1) is 12.8. The van der Waals surface area contributed by atoms with E-state index in [4.69, 9.17) is 17.0 Å². The van der Waals surface area contributed by atoms with Crippen LogP contribution < -0.4 is 15.5 Å². The molecule has 0 aliphatic rings. The third-order valence-corrected chi connectivity index (χ3v) is 3.79. The van der Waals surface area contributed by atoms with Gasteiger partial charge >= 0.3 is 0 Å². The van der Waals surface area contributed by atoms with Gasteiger partial charge in [0.15, 0.2) is 5.11 Å². The highest BCUT2D eigenvalue weighted by atomic mass is 32.1. The van der Waals surface area contributed by atoms with Crippen LogP contribution in [-0.2, 0) is 6.61 Å². The van der Waals surface area contributed by atoms with Crippen molar-refractivity contribution in [3.63, 3.8) is 0 Å². The molecule has 3 aromatic carbocycles. The average molecular weight is 361 g/mol. The Bertz CT molecular complexity index is 867. The van der Waals surface area contributed by atoms with Gasteiger partial charge in [0, 0.05) is 11.3 Å². The fourth-order valence-electron chi connectivity index (χ4n) is 2.31. The first kappa shape index (κ1) is 17.6. The molecule has 130 valence electrons. The summed E-state index contributed by atoms with van der Waals surface area (Å²) in [7, 11) is 0. The van der Waals surface area contributed by atoms with Crippen molar-refractivity contribution >= 4 is 29.2 Å². The third kappa shape index (κ3) is 5.43.